The molecule has 6 nitrogen and oxygen atoms in total. The Morgan fingerprint density at radius 3 is 2.38 bits per heavy atom. The highest BCUT2D eigenvalue weighted by Crippen LogP contribution is 2.24. The third-order valence-electron chi connectivity index (χ3n) is 4.46. The lowest BCUT2D eigenvalue weighted by Crippen LogP contribution is -2.00. The second-order valence-electron chi connectivity index (χ2n) is 6.47. The summed E-state index contributed by atoms with van der Waals surface area (Å²) in [5.41, 5.74) is 5.91. The van der Waals surface area contributed by atoms with Gasteiger partial charge in [0, 0.05) is 5.56 Å². The van der Waals surface area contributed by atoms with Crippen molar-refractivity contribution in [2.24, 2.45) is 0 Å². The number of rotatable bonds is 2. The van der Waals surface area contributed by atoms with E-state index in [1.54, 1.807) is 12.5 Å². The van der Waals surface area contributed by atoms with Crippen LogP contribution < -0.4 is 0 Å². The third-order valence-corrected chi connectivity index (χ3v) is 4.46. The molecule has 0 bridgehead atoms. The summed E-state index contributed by atoms with van der Waals surface area (Å²) in [5.74, 6) is 0.772. The minimum absolute atomic E-state index is 0.754. The summed E-state index contributed by atoms with van der Waals surface area (Å²) >= 11 is 0. The van der Waals surface area contributed by atoms with E-state index in [2.05, 4.69) is 52.3 Å². The van der Waals surface area contributed by atoms with Crippen molar-refractivity contribution in [3.63, 3.8) is 0 Å². The van der Waals surface area contributed by atoms with Gasteiger partial charge in [0.2, 0.25) is 0 Å². The molecule has 0 amide bonds. The van der Waals surface area contributed by atoms with Gasteiger partial charge in [0.25, 0.3) is 0 Å². The maximum Gasteiger partial charge on any atom is 0.175 e. The van der Waals surface area contributed by atoms with E-state index in [4.69, 9.17) is 0 Å². The molecule has 0 radical (unpaired) electrons. The van der Waals surface area contributed by atoms with Gasteiger partial charge in [-0.05, 0) is 37.1 Å². The topological polar surface area (TPSA) is 60.9 Å². The standard InChI is InChI=1S/C20H16N6/c1-13-8-14(2)10-16(9-13)26-19-17(11-22-26)20-24-23-18(25(20)12-21-19)15-6-4-3-5-7-15/h3-12H,1-2H3. The van der Waals surface area contributed by atoms with Gasteiger partial charge < -0.3 is 0 Å². The lowest BCUT2D eigenvalue weighted by Gasteiger charge is -2.06. The molecule has 0 saturated heterocycles. The number of hydrogen-bond acceptors (Lipinski definition) is 4. The molecule has 0 saturated carbocycles. The summed E-state index contributed by atoms with van der Waals surface area (Å²) in [6.07, 6.45) is 3.57. The Hall–Kier alpha value is -3.54. The fraction of sp³-hybridized carbons (Fsp3) is 0.100. The molecule has 3 heterocycles. The van der Waals surface area contributed by atoms with Crippen LogP contribution in [0.5, 0.6) is 0 Å². The van der Waals surface area contributed by atoms with Crippen LogP contribution in [0.2, 0.25) is 0 Å². The molecule has 2 aromatic carbocycles. The van der Waals surface area contributed by atoms with Crippen LogP contribution in [0.3, 0.4) is 0 Å². The van der Waals surface area contributed by atoms with Crippen molar-refractivity contribution in [3.8, 4) is 17.1 Å². The van der Waals surface area contributed by atoms with Crippen LogP contribution in [-0.4, -0.2) is 29.4 Å². The molecule has 0 aliphatic heterocycles. The minimum Gasteiger partial charge on any atom is -0.265 e. The van der Waals surface area contributed by atoms with E-state index in [1.807, 2.05) is 39.4 Å². The van der Waals surface area contributed by atoms with Crippen molar-refractivity contribution >= 4 is 16.7 Å². The van der Waals surface area contributed by atoms with Gasteiger partial charge in [-0.2, -0.15) is 5.10 Å². The van der Waals surface area contributed by atoms with Crippen LogP contribution in [-0.2, 0) is 0 Å². The summed E-state index contributed by atoms with van der Waals surface area (Å²) in [6.45, 7) is 4.16. The Bertz CT molecular complexity index is 1230. The van der Waals surface area contributed by atoms with Gasteiger partial charge in [-0.25, -0.2) is 9.67 Å². The monoisotopic (exact) mass is 340 g/mol. The molecule has 0 unspecified atom stereocenters. The van der Waals surface area contributed by atoms with Gasteiger partial charge in [-0.3, -0.25) is 4.40 Å². The van der Waals surface area contributed by atoms with E-state index >= 15 is 0 Å². The van der Waals surface area contributed by atoms with Crippen molar-refractivity contribution in [2.45, 2.75) is 13.8 Å². The normalized spacial score (nSPS) is 11.5. The Morgan fingerprint density at radius 1 is 0.846 bits per heavy atom. The predicted octanol–water partition coefficient (Wildman–Crippen LogP) is 3.75. The number of aryl methyl sites for hydroxylation is 2. The van der Waals surface area contributed by atoms with Gasteiger partial charge in [0.05, 0.1) is 17.3 Å². The van der Waals surface area contributed by atoms with E-state index < -0.39 is 0 Å². The molecule has 0 aliphatic carbocycles. The Balaban J connectivity index is 1.74. The molecule has 5 aromatic rings. The first-order valence-electron chi connectivity index (χ1n) is 8.42. The molecule has 5 rings (SSSR count). The van der Waals surface area contributed by atoms with Crippen LogP contribution in [0, 0.1) is 13.8 Å². The van der Waals surface area contributed by atoms with Gasteiger partial charge >= 0.3 is 0 Å². The van der Waals surface area contributed by atoms with Crippen LogP contribution in [0.4, 0.5) is 0 Å². The second-order valence-corrected chi connectivity index (χ2v) is 6.47. The van der Waals surface area contributed by atoms with Crippen molar-refractivity contribution in [2.75, 3.05) is 0 Å². The SMILES string of the molecule is Cc1cc(C)cc(-n2ncc3c2ncn2c(-c4ccccc4)nnc32)c1. The van der Waals surface area contributed by atoms with Crippen molar-refractivity contribution in [3.05, 3.63) is 72.2 Å². The van der Waals surface area contributed by atoms with E-state index in [9.17, 15) is 0 Å². The highest BCUT2D eigenvalue weighted by atomic mass is 15.3. The van der Waals surface area contributed by atoms with Crippen molar-refractivity contribution in [1.82, 2.24) is 29.4 Å². The minimum atomic E-state index is 0.754. The maximum atomic E-state index is 4.65. The predicted molar refractivity (Wildman–Crippen MR) is 100 cm³/mol. The molecular weight excluding hydrogens is 324 g/mol. The smallest absolute Gasteiger partial charge is 0.175 e. The maximum absolute atomic E-state index is 4.65. The van der Waals surface area contributed by atoms with Crippen molar-refractivity contribution < 1.29 is 0 Å². The third kappa shape index (κ3) is 2.19. The molecule has 3 aromatic heterocycles. The first-order chi connectivity index (χ1) is 12.7. The zero-order valence-electron chi connectivity index (χ0n) is 14.5. The molecule has 0 N–H and O–H groups in total. The van der Waals surface area contributed by atoms with E-state index in [0.29, 0.717) is 0 Å². The Morgan fingerprint density at radius 2 is 1.62 bits per heavy atom. The number of hydrogen-bond donors (Lipinski definition) is 0. The van der Waals surface area contributed by atoms with Gasteiger partial charge in [-0.1, -0.05) is 36.4 Å². The molecule has 26 heavy (non-hydrogen) atoms. The lowest BCUT2D eigenvalue weighted by atomic mass is 10.1. The van der Waals surface area contributed by atoms with Gasteiger partial charge in [0.15, 0.2) is 17.1 Å². The average Bonchev–Trinajstić information content (AvgIpc) is 3.25. The highest BCUT2D eigenvalue weighted by molar-refractivity contribution is 5.90. The van der Waals surface area contributed by atoms with Crippen LogP contribution in [0.15, 0.2) is 61.1 Å². The molecule has 0 spiro atoms. The zero-order valence-corrected chi connectivity index (χ0v) is 14.5. The summed E-state index contributed by atoms with van der Waals surface area (Å²) in [4.78, 5) is 4.65. The van der Waals surface area contributed by atoms with E-state index in [1.165, 1.54) is 11.1 Å². The molecule has 6 heteroatoms. The molecule has 0 aliphatic rings. The van der Waals surface area contributed by atoms with E-state index in [-0.39, 0.29) is 0 Å². The number of benzene rings is 2. The summed E-state index contributed by atoms with van der Waals surface area (Å²) in [5, 5.41) is 14.2. The first-order valence-corrected chi connectivity index (χ1v) is 8.42. The fourth-order valence-corrected chi connectivity index (χ4v) is 3.37. The second kappa shape index (κ2) is 5.49. The van der Waals surface area contributed by atoms with Crippen LogP contribution in [0.25, 0.3) is 33.8 Å². The van der Waals surface area contributed by atoms with Crippen molar-refractivity contribution in [1.29, 1.82) is 0 Å². The first kappa shape index (κ1) is 14.8. The molecular formula is C20H16N6. The number of aromatic nitrogens is 6. The summed E-state index contributed by atoms with van der Waals surface area (Å²) < 4.78 is 3.76. The van der Waals surface area contributed by atoms with Gasteiger partial charge in [0.1, 0.15) is 6.33 Å². The number of fused-ring (bicyclic) bond motifs is 3. The number of nitrogens with zero attached hydrogens (tertiary/aromatic N) is 6. The van der Waals surface area contributed by atoms with Gasteiger partial charge in [-0.15, -0.1) is 10.2 Å². The van der Waals surface area contributed by atoms with Crippen LogP contribution >= 0.6 is 0 Å². The molecule has 0 fully saturated rings. The Labute approximate surface area is 149 Å². The molecule has 0 atom stereocenters. The summed E-state index contributed by atoms with van der Waals surface area (Å²) in [7, 11) is 0. The average molecular weight is 340 g/mol. The highest BCUT2D eigenvalue weighted by Gasteiger charge is 2.15. The fourth-order valence-electron chi connectivity index (χ4n) is 3.37. The zero-order chi connectivity index (χ0) is 17.7. The summed E-state index contributed by atoms with van der Waals surface area (Å²) in [6, 6.07) is 16.3. The lowest BCUT2D eigenvalue weighted by molar-refractivity contribution is 0.890. The Kier molecular flexibility index (Phi) is 3.12. The largest absolute Gasteiger partial charge is 0.265 e. The van der Waals surface area contributed by atoms with E-state index in [0.717, 1.165) is 33.8 Å². The quantitative estimate of drug-likeness (QED) is 0.491. The van der Waals surface area contributed by atoms with Crippen LogP contribution in [0.1, 0.15) is 11.1 Å². The molecule has 126 valence electrons.